The quantitative estimate of drug-likeness (QED) is 0.848. The van der Waals surface area contributed by atoms with Gasteiger partial charge in [-0.2, -0.15) is 0 Å². The first-order chi connectivity index (χ1) is 9.16. The van der Waals surface area contributed by atoms with E-state index in [0.717, 1.165) is 12.1 Å². The molecule has 0 bridgehead atoms. The number of rotatable bonds is 1. The van der Waals surface area contributed by atoms with Gasteiger partial charge >= 0.3 is 0 Å². The molecule has 1 aliphatic heterocycles. The van der Waals surface area contributed by atoms with Gasteiger partial charge in [0.1, 0.15) is 5.69 Å². The number of aromatic nitrogens is 1. The standard InChI is InChI=1S/C15H15N3O/c1-10-8-11-4-2-3-5-14(11)18(10)15(19)13-9-12(16)6-7-17-13/h2-7,9-10H,8H2,1H3,(H2,16,17). The number of pyridine rings is 1. The van der Waals surface area contributed by atoms with Gasteiger partial charge in [0.2, 0.25) is 0 Å². The third-order valence-corrected chi connectivity index (χ3v) is 3.43. The molecule has 1 amide bonds. The van der Waals surface area contributed by atoms with Crippen molar-refractivity contribution in [2.45, 2.75) is 19.4 Å². The molecule has 0 saturated carbocycles. The maximum atomic E-state index is 12.6. The summed E-state index contributed by atoms with van der Waals surface area (Å²) in [7, 11) is 0. The van der Waals surface area contributed by atoms with Gasteiger partial charge in [0, 0.05) is 23.6 Å². The molecule has 19 heavy (non-hydrogen) atoms. The van der Waals surface area contributed by atoms with Crippen LogP contribution in [0.2, 0.25) is 0 Å². The topological polar surface area (TPSA) is 59.2 Å². The highest BCUT2D eigenvalue weighted by atomic mass is 16.2. The van der Waals surface area contributed by atoms with E-state index in [9.17, 15) is 4.79 Å². The van der Waals surface area contributed by atoms with Crippen molar-refractivity contribution in [1.82, 2.24) is 4.98 Å². The van der Waals surface area contributed by atoms with E-state index in [0.29, 0.717) is 11.4 Å². The highest BCUT2D eigenvalue weighted by molar-refractivity contribution is 6.06. The number of para-hydroxylation sites is 1. The highest BCUT2D eigenvalue weighted by Gasteiger charge is 2.31. The molecular weight excluding hydrogens is 238 g/mol. The van der Waals surface area contributed by atoms with Crippen molar-refractivity contribution in [3.05, 3.63) is 53.9 Å². The summed E-state index contributed by atoms with van der Waals surface area (Å²) in [6.45, 7) is 2.05. The smallest absolute Gasteiger partial charge is 0.277 e. The normalized spacial score (nSPS) is 17.3. The van der Waals surface area contributed by atoms with Gasteiger partial charge < -0.3 is 10.6 Å². The molecule has 0 fully saturated rings. The van der Waals surface area contributed by atoms with Crippen LogP contribution < -0.4 is 10.6 Å². The van der Waals surface area contributed by atoms with Crippen molar-refractivity contribution in [2.75, 3.05) is 10.6 Å². The van der Waals surface area contributed by atoms with Gasteiger partial charge in [-0.05, 0) is 37.1 Å². The summed E-state index contributed by atoms with van der Waals surface area (Å²) in [6, 6.07) is 11.4. The number of amides is 1. The minimum absolute atomic E-state index is 0.0928. The summed E-state index contributed by atoms with van der Waals surface area (Å²) in [4.78, 5) is 18.5. The predicted molar refractivity (Wildman–Crippen MR) is 75.1 cm³/mol. The predicted octanol–water partition coefficient (Wildman–Crippen LogP) is 2.26. The van der Waals surface area contributed by atoms with E-state index >= 15 is 0 Å². The Labute approximate surface area is 111 Å². The summed E-state index contributed by atoms with van der Waals surface area (Å²) < 4.78 is 0. The SMILES string of the molecule is CC1Cc2ccccc2N1C(=O)c1cc(N)ccn1. The average molecular weight is 253 g/mol. The number of fused-ring (bicyclic) bond motifs is 1. The van der Waals surface area contributed by atoms with Crippen molar-refractivity contribution in [3.8, 4) is 0 Å². The number of hydrogen-bond acceptors (Lipinski definition) is 3. The highest BCUT2D eigenvalue weighted by Crippen LogP contribution is 2.32. The lowest BCUT2D eigenvalue weighted by Crippen LogP contribution is -2.36. The van der Waals surface area contributed by atoms with Gasteiger partial charge in [-0.3, -0.25) is 9.78 Å². The second-order valence-corrected chi connectivity index (χ2v) is 4.83. The number of benzene rings is 1. The van der Waals surface area contributed by atoms with Crippen molar-refractivity contribution in [1.29, 1.82) is 0 Å². The van der Waals surface area contributed by atoms with Crippen molar-refractivity contribution in [3.63, 3.8) is 0 Å². The van der Waals surface area contributed by atoms with Crippen LogP contribution in [0.15, 0.2) is 42.6 Å². The number of carbonyl (C=O) groups is 1. The van der Waals surface area contributed by atoms with Gasteiger partial charge in [-0.1, -0.05) is 18.2 Å². The minimum atomic E-state index is -0.0928. The first-order valence-corrected chi connectivity index (χ1v) is 6.30. The van der Waals surface area contributed by atoms with E-state index in [1.165, 1.54) is 5.56 Å². The fraction of sp³-hybridized carbons (Fsp3) is 0.200. The summed E-state index contributed by atoms with van der Waals surface area (Å²) >= 11 is 0. The molecular formula is C15H15N3O. The van der Waals surface area contributed by atoms with Crippen LogP contribution in [0.5, 0.6) is 0 Å². The summed E-state index contributed by atoms with van der Waals surface area (Å²) in [5.74, 6) is -0.0928. The molecule has 2 heterocycles. The summed E-state index contributed by atoms with van der Waals surface area (Å²) in [5, 5.41) is 0. The molecule has 1 unspecified atom stereocenters. The van der Waals surface area contributed by atoms with Crippen molar-refractivity contribution < 1.29 is 4.79 Å². The largest absolute Gasteiger partial charge is 0.399 e. The Morgan fingerprint density at radius 1 is 1.37 bits per heavy atom. The monoisotopic (exact) mass is 253 g/mol. The van der Waals surface area contributed by atoms with E-state index < -0.39 is 0 Å². The molecule has 0 radical (unpaired) electrons. The lowest BCUT2D eigenvalue weighted by atomic mass is 10.1. The second kappa shape index (κ2) is 4.39. The second-order valence-electron chi connectivity index (χ2n) is 4.83. The Morgan fingerprint density at radius 2 is 2.16 bits per heavy atom. The lowest BCUT2D eigenvalue weighted by Gasteiger charge is -2.22. The first-order valence-electron chi connectivity index (χ1n) is 6.30. The number of hydrogen-bond donors (Lipinski definition) is 1. The van der Waals surface area contributed by atoms with E-state index in [-0.39, 0.29) is 11.9 Å². The lowest BCUT2D eigenvalue weighted by molar-refractivity contribution is 0.0976. The Balaban J connectivity index is 2.01. The van der Waals surface area contributed by atoms with Crippen LogP contribution in [-0.4, -0.2) is 16.9 Å². The molecule has 0 spiro atoms. The van der Waals surface area contributed by atoms with Gasteiger partial charge in [0.15, 0.2) is 0 Å². The molecule has 3 rings (SSSR count). The molecule has 1 aromatic carbocycles. The summed E-state index contributed by atoms with van der Waals surface area (Å²) in [6.07, 6.45) is 2.44. The minimum Gasteiger partial charge on any atom is -0.399 e. The maximum absolute atomic E-state index is 12.6. The Morgan fingerprint density at radius 3 is 2.95 bits per heavy atom. The number of nitrogens with zero attached hydrogens (tertiary/aromatic N) is 2. The fourth-order valence-electron chi connectivity index (χ4n) is 2.56. The number of nitrogen functional groups attached to an aromatic ring is 1. The van der Waals surface area contributed by atoms with E-state index in [1.807, 2.05) is 25.1 Å². The molecule has 1 aromatic heterocycles. The molecule has 4 heteroatoms. The van der Waals surface area contributed by atoms with Gasteiger partial charge in [0.25, 0.3) is 5.91 Å². The molecule has 0 aliphatic carbocycles. The van der Waals surface area contributed by atoms with Gasteiger partial charge in [-0.15, -0.1) is 0 Å². The van der Waals surface area contributed by atoms with Crippen LogP contribution in [0, 0.1) is 0 Å². The van der Waals surface area contributed by atoms with Crippen molar-refractivity contribution in [2.24, 2.45) is 0 Å². The van der Waals surface area contributed by atoms with Crippen LogP contribution >= 0.6 is 0 Å². The van der Waals surface area contributed by atoms with E-state index in [2.05, 4.69) is 11.1 Å². The van der Waals surface area contributed by atoms with E-state index in [4.69, 9.17) is 5.73 Å². The molecule has 2 N–H and O–H groups in total. The molecule has 1 atom stereocenters. The zero-order chi connectivity index (χ0) is 13.4. The zero-order valence-electron chi connectivity index (χ0n) is 10.7. The average Bonchev–Trinajstić information content (AvgIpc) is 2.74. The maximum Gasteiger partial charge on any atom is 0.277 e. The molecule has 96 valence electrons. The third-order valence-electron chi connectivity index (χ3n) is 3.43. The molecule has 2 aromatic rings. The van der Waals surface area contributed by atoms with Crippen LogP contribution in [0.25, 0.3) is 0 Å². The fourth-order valence-corrected chi connectivity index (χ4v) is 2.56. The third kappa shape index (κ3) is 1.95. The van der Waals surface area contributed by atoms with Gasteiger partial charge in [-0.25, -0.2) is 0 Å². The van der Waals surface area contributed by atoms with Crippen LogP contribution in [0.1, 0.15) is 23.0 Å². The molecule has 4 nitrogen and oxygen atoms in total. The zero-order valence-corrected chi connectivity index (χ0v) is 10.7. The van der Waals surface area contributed by atoms with Crippen molar-refractivity contribution >= 4 is 17.3 Å². The van der Waals surface area contributed by atoms with E-state index in [1.54, 1.807) is 23.2 Å². The Kier molecular flexibility index (Phi) is 2.71. The number of anilines is 2. The van der Waals surface area contributed by atoms with Crippen LogP contribution in [0.4, 0.5) is 11.4 Å². The first kappa shape index (κ1) is 11.7. The van der Waals surface area contributed by atoms with Crippen LogP contribution in [0.3, 0.4) is 0 Å². The number of carbonyl (C=O) groups excluding carboxylic acids is 1. The van der Waals surface area contributed by atoms with Gasteiger partial charge in [0.05, 0.1) is 0 Å². The number of nitrogens with two attached hydrogens (primary N) is 1. The van der Waals surface area contributed by atoms with Crippen LogP contribution in [-0.2, 0) is 6.42 Å². The molecule has 1 aliphatic rings. The summed E-state index contributed by atoms with van der Waals surface area (Å²) in [5.41, 5.74) is 8.84. The Bertz CT molecular complexity index is 639. The Hall–Kier alpha value is -2.36. The molecule has 0 saturated heterocycles.